The van der Waals surface area contributed by atoms with Crippen LogP contribution in [-0.2, 0) is 17.4 Å². The highest BCUT2D eigenvalue weighted by molar-refractivity contribution is 6.09. The third-order valence-corrected chi connectivity index (χ3v) is 4.46. The Morgan fingerprint density at radius 2 is 1.71 bits per heavy atom. The standard InChI is InChI=1S/C24H16F4N2O/c25-22-7-2-1-4-18(22)12-16-8-10-17(11-9-16)13-19(15-29)23(31)30-21-6-3-5-20(14-21)24(26,27)28/h1-11,13-14H,12H2,(H,30,31)/b19-13+. The number of amides is 1. The Balaban J connectivity index is 1.73. The Morgan fingerprint density at radius 1 is 1.00 bits per heavy atom. The Bertz CT molecular complexity index is 1160. The zero-order valence-corrected chi connectivity index (χ0v) is 16.1. The largest absolute Gasteiger partial charge is 0.416 e. The Kier molecular flexibility index (Phi) is 6.51. The highest BCUT2D eigenvalue weighted by Gasteiger charge is 2.30. The van der Waals surface area contributed by atoms with Crippen LogP contribution < -0.4 is 5.32 Å². The van der Waals surface area contributed by atoms with Gasteiger partial charge in [-0.25, -0.2) is 4.39 Å². The molecule has 0 aliphatic heterocycles. The molecule has 0 atom stereocenters. The molecule has 3 aromatic carbocycles. The zero-order chi connectivity index (χ0) is 22.4. The first-order chi connectivity index (χ1) is 14.8. The van der Waals surface area contributed by atoms with Gasteiger partial charge in [-0.05, 0) is 47.0 Å². The number of hydrogen-bond acceptors (Lipinski definition) is 2. The maximum Gasteiger partial charge on any atom is 0.416 e. The van der Waals surface area contributed by atoms with E-state index in [9.17, 15) is 27.6 Å². The van der Waals surface area contributed by atoms with Crippen LogP contribution >= 0.6 is 0 Å². The lowest BCUT2D eigenvalue weighted by atomic mass is 10.0. The van der Waals surface area contributed by atoms with Crippen LogP contribution in [0, 0.1) is 17.1 Å². The van der Waals surface area contributed by atoms with Gasteiger partial charge in [0.25, 0.3) is 5.91 Å². The Hall–Kier alpha value is -3.92. The number of anilines is 1. The predicted molar refractivity (Wildman–Crippen MR) is 109 cm³/mol. The molecule has 0 fully saturated rings. The summed E-state index contributed by atoms with van der Waals surface area (Å²) < 4.78 is 52.2. The topological polar surface area (TPSA) is 52.9 Å². The maximum atomic E-state index is 13.8. The summed E-state index contributed by atoms with van der Waals surface area (Å²) in [5.41, 5.74) is 0.699. The molecule has 0 unspecified atom stereocenters. The van der Waals surface area contributed by atoms with E-state index in [4.69, 9.17) is 0 Å². The van der Waals surface area contributed by atoms with Crippen molar-refractivity contribution in [1.82, 2.24) is 0 Å². The van der Waals surface area contributed by atoms with Crippen LogP contribution in [0.3, 0.4) is 0 Å². The van der Waals surface area contributed by atoms with E-state index in [2.05, 4.69) is 5.32 Å². The predicted octanol–water partition coefficient (Wildman–Crippen LogP) is 5.98. The van der Waals surface area contributed by atoms with Crippen LogP contribution in [0.25, 0.3) is 6.08 Å². The normalized spacial score (nSPS) is 11.6. The van der Waals surface area contributed by atoms with Crippen molar-refractivity contribution in [3.8, 4) is 6.07 Å². The molecule has 7 heteroatoms. The van der Waals surface area contributed by atoms with E-state index in [0.717, 1.165) is 17.7 Å². The molecule has 31 heavy (non-hydrogen) atoms. The van der Waals surface area contributed by atoms with Gasteiger partial charge in [0, 0.05) is 12.1 Å². The van der Waals surface area contributed by atoms with Gasteiger partial charge >= 0.3 is 6.18 Å². The van der Waals surface area contributed by atoms with Gasteiger partial charge in [0.2, 0.25) is 0 Å². The van der Waals surface area contributed by atoms with Crippen LogP contribution in [0.15, 0.2) is 78.4 Å². The number of rotatable bonds is 5. The first-order valence-corrected chi connectivity index (χ1v) is 9.19. The smallest absolute Gasteiger partial charge is 0.321 e. The number of halogens is 4. The van der Waals surface area contributed by atoms with Crippen LogP contribution in [0.5, 0.6) is 0 Å². The van der Waals surface area contributed by atoms with Gasteiger partial charge in [-0.1, -0.05) is 48.5 Å². The van der Waals surface area contributed by atoms with Crippen molar-refractivity contribution < 1.29 is 22.4 Å². The van der Waals surface area contributed by atoms with Crippen LogP contribution in [-0.4, -0.2) is 5.91 Å². The van der Waals surface area contributed by atoms with Gasteiger partial charge in [0.05, 0.1) is 5.56 Å². The van der Waals surface area contributed by atoms with E-state index < -0.39 is 17.6 Å². The zero-order valence-electron chi connectivity index (χ0n) is 16.1. The average molecular weight is 424 g/mol. The summed E-state index contributed by atoms with van der Waals surface area (Å²) in [5.74, 6) is -1.12. The van der Waals surface area contributed by atoms with E-state index in [1.54, 1.807) is 48.5 Å². The molecule has 3 rings (SSSR count). The van der Waals surface area contributed by atoms with Crippen molar-refractivity contribution in [2.75, 3.05) is 5.32 Å². The van der Waals surface area contributed by atoms with Crippen LogP contribution in [0.4, 0.5) is 23.2 Å². The summed E-state index contributed by atoms with van der Waals surface area (Å²) >= 11 is 0. The summed E-state index contributed by atoms with van der Waals surface area (Å²) in [6.07, 6.45) is -2.83. The van der Waals surface area contributed by atoms with E-state index in [1.165, 1.54) is 24.3 Å². The second-order valence-corrected chi connectivity index (χ2v) is 6.71. The number of alkyl halides is 3. The molecular weight excluding hydrogens is 408 g/mol. The highest BCUT2D eigenvalue weighted by Crippen LogP contribution is 2.30. The van der Waals surface area contributed by atoms with Crippen LogP contribution in [0.1, 0.15) is 22.3 Å². The first-order valence-electron chi connectivity index (χ1n) is 9.19. The third-order valence-electron chi connectivity index (χ3n) is 4.46. The molecule has 1 N–H and O–H groups in total. The van der Waals surface area contributed by atoms with Gasteiger partial charge in [0.15, 0.2) is 0 Å². The number of hydrogen-bond donors (Lipinski definition) is 1. The molecule has 0 saturated carbocycles. The second-order valence-electron chi connectivity index (χ2n) is 6.71. The fraction of sp³-hybridized carbons (Fsp3) is 0.0833. The van der Waals surface area contributed by atoms with Crippen molar-refractivity contribution in [3.05, 3.63) is 106 Å². The second kappa shape index (κ2) is 9.26. The van der Waals surface area contributed by atoms with E-state index >= 15 is 0 Å². The third kappa shape index (κ3) is 5.80. The maximum absolute atomic E-state index is 13.8. The number of nitrogens with one attached hydrogen (secondary N) is 1. The molecule has 1 amide bonds. The lowest BCUT2D eigenvalue weighted by Crippen LogP contribution is -2.14. The molecule has 0 heterocycles. The van der Waals surface area contributed by atoms with Crippen molar-refractivity contribution in [2.24, 2.45) is 0 Å². The molecule has 0 bridgehead atoms. The number of carbonyl (C=O) groups excluding carboxylic acids is 1. The van der Waals surface area contributed by atoms with Gasteiger partial charge in [0.1, 0.15) is 17.5 Å². The quantitative estimate of drug-likeness (QED) is 0.311. The molecule has 3 nitrogen and oxygen atoms in total. The number of carbonyl (C=O) groups is 1. The lowest BCUT2D eigenvalue weighted by molar-refractivity contribution is -0.137. The number of benzene rings is 3. The SMILES string of the molecule is N#C/C(=C\c1ccc(Cc2ccccc2F)cc1)C(=O)Nc1cccc(C(F)(F)F)c1. The fourth-order valence-electron chi connectivity index (χ4n) is 2.88. The number of nitriles is 1. The average Bonchev–Trinajstić information content (AvgIpc) is 2.74. The first kappa shape index (κ1) is 21.8. The van der Waals surface area contributed by atoms with Crippen LogP contribution in [0.2, 0.25) is 0 Å². The minimum atomic E-state index is -4.54. The monoisotopic (exact) mass is 424 g/mol. The summed E-state index contributed by atoms with van der Waals surface area (Å²) in [4.78, 5) is 12.3. The van der Waals surface area contributed by atoms with Crippen molar-refractivity contribution in [3.63, 3.8) is 0 Å². The van der Waals surface area contributed by atoms with Gasteiger partial charge in [-0.2, -0.15) is 18.4 Å². The molecular formula is C24H16F4N2O. The molecule has 0 saturated heterocycles. The van der Waals surface area contributed by atoms with Crippen molar-refractivity contribution >= 4 is 17.7 Å². The molecule has 0 radical (unpaired) electrons. The van der Waals surface area contributed by atoms with Gasteiger partial charge in [-0.3, -0.25) is 4.79 Å². The lowest BCUT2D eigenvalue weighted by Gasteiger charge is -2.09. The summed E-state index contributed by atoms with van der Waals surface area (Å²) in [6, 6.07) is 19.2. The van der Waals surface area contributed by atoms with E-state index in [1.807, 2.05) is 0 Å². The molecule has 0 aromatic heterocycles. The molecule has 0 aliphatic rings. The minimum absolute atomic E-state index is 0.0683. The van der Waals surface area contributed by atoms with Crippen molar-refractivity contribution in [2.45, 2.75) is 12.6 Å². The molecule has 156 valence electrons. The fourth-order valence-corrected chi connectivity index (χ4v) is 2.88. The van der Waals surface area contributed by atoms with Crippen molar-refractivity contribution in [1.29, 1.82) is 5.26 Å². The Labute approximate surface area is 176 Å². The number of nitrogens with zero attached hydrogens (tertiary/aromatic N) is 1. The summed E-state index contributed by atoms with van der Waals surface area (Å²) in [6.45, 7) is 0. The highest BCUT2D eigenvalue weighted by atomic mass is 19.4. The van der Waals surface area contributed by atoms with E-state index in [-0.39, 0.29) is 17.1 Å². The molecule has 0 spiro atoms. The summed E-state index contributed by atoms with van der Waals surface area (Å²) in [7, 11) is 0. The summed E-state index contributed by atoms with van der Waals surface area (Å²) in [5, 5.41) is 11.6. The molecule has 0 aliphatic carbocycles. The molecule has 3 aromatic rings. The van der Waals surface area contributed by atoms with Gasteiger partial charge < -0.3 is 5.32 Å². The van der Waals surface area contributed by atoms with Gasteiger partial charge in [-0.15, -0.1) is 0 Å². The minimum Gasteiger partial charge on any atom is -0.321 e. The van der Waals surface area contributed by atoms with E-state index in [0.29, 0.717) is 17.5 Å². The Morgan fingerprint density at radius 3 is 2.35 bits per heavy atom.